The van der Waals surface area contributed by atoms with Crippen LogP contribution in [0.4, 0.5) is 5.69 Å². The molecule has 0 saturated heterocycles. The molecule has 4 nitrogen and oxygen atoms in total. The Bertz CT molecular complexity index is 852. The van der Waals surface area contributed by atoms with E-state index in [9.17, 15) is 0 Å². The molecule has 4 rings (SSSR count). The number of nitrogens with one attached hydrogen (secondary N) is 1. The van der Waals surface area contributed by atoms with E-state index in [0.29, 0.717) is 0 Å². The van der Waals surface area contributed by atoms with Gasteiger partial charge in [0.05, 0.1) is 5.69 Å². The number of fused-ring (bicyclic) bond motifs is 1. The van der Waals surface area contributed by atoms with E-state index in [1.807, 2.05) is 0 Å². The van der Waals surface area contributed by atoms with Crippen molar-refractivity contribution in [3.05, 3.63) is 71.4 Å². The van der Waals surface area contributed by atoms with Crippen molar-refractivity contribution >= 4 is 5.69 Å². The van der Waals surface area contributed by atoms with Crippen molar-refractivity contribution in [2.24, 2.45) is 0 Å². The van der Waals surface area contributed by atoms with E-state index < -0.39 is 0 Å². The second-order valence-corrected chi connectivity index (χ2v) is 7.06. The minimum Gasteiger partial charge on any atom is -0.367 e. The SMILES string of the molecule is CCN(Cc1ccccc1)c1ccc(-c2n[nH]c3c2CN(C)CC3)cc1. The van der Waals surface area contributed by atoms with E-state index in [1.165, 1.54) is 28.1 Å². The van der Waals surface area contributed by atoms with Gasteiger partial charge in [-0.15, -0.1) is 0 Å². The van der Waals surface area contributed by atoms with Gasteiger partial charge in [-0.25, -0.2) is 0 Å². The van der Waals surface area contributed by atoms with Gasteiger partial charge in [0.2, 0.25) is 0 Å². The van der Waals surface area contributed by atoms with Crippen molar-refractivity contribution in [3.63, 3.8) is 0 Å². The minimum atomic E-state index is 0.930. The predicted octanol–water partition coefficient (Wildman–Crippen LogP) is 4.09. The van der Waals surface area contributed by atoms with Crippen LogP contribution in [0.3, 0.4) is 0 Å². The molecule has 134 valence electrons. The zero-order valence-corrected chi connectivity index (χ0v) is 15.6. The lowest BCUT2D eigenvalue weighted by Crippen LogP contribution is -2.26. The van der Waals surface area contributed by atoms with Gasteiger partial charge < -0.3 is 9.80 Å². The van der Waals surface area contributed by atoms with Crippen LogP contribution in [-0.2, 0) is 19.5 Å². The number of H-pyrrole nitrogens is 1. The highest BCUT2D eigenvalue weighted by Crippen LogP contribution is 2.29. The van der Waals surface area contributed by atoms with Gasteiger partial charge in [0.1, 0.15) is 0 Å². The number of nitrogens with zero attached hydrogens (tertiary/aromatic N) is 3. The lowest BCUT2D eigenvalue weighted by molar-refractivity contribution is 0.312. The van der Waals surface area contributed by atoms with Crippen molar-refractivity contribution < 1.29 is 0 Å². The number of aromatic nitrogens is 2. The molecule has 0 aliphatic carbocycles. The molecule has 0 saturated carbocycles. The first-order chi connectivity index (χ1) is 12.7. The topological polar surface area (TPSA) is 35.2 Å². The van der Waals surface area contributed by atoms with Crippen molar-refractivity contribution in [1.29, 1.82) is 0 Å². The van der Waals surface area contributed by atoms with E-state index in [0.717, 1.165) is 38.3 Å². The van der Waals surface area contributed by atoms with E-state index in [-0.39, 0.29) is 0 Å². The van der Waals surface area contributed by atoms with E-state index in [2.05, 4.69) is 88.6 Å². The molecule has 2 aromatic carbocycles. The molecule has 2 heterocycles. The van der Waals surface area contributed by atoms with Gasteiger partial charge in [-0.1, -0.05) is 42.5 Å². The lowest BCUT2D eigenvalue weighted by atomic mass is 10.0. The third-order valence-corrected chi connectivity index (χ3v) is 5.23. The Hall–Kier alpha value is -2.59. The number of rotatable bonds is 5. The molecule has 1 aromatic heterocycles. The summed E-state index contributed by atoms with van der Waals surface area (Å²) in [7, 11) is 2.17. The first-order valence-corrected chi connectivity index (χ1v) is 9.38. The molecule has 1 aliphatic rings. The predicted molar refractivity (Wildman–Crippen MR) is 107 cm³/mol. The number of hydrogen-bond acceptors (Lipinski definition) is 3. The normalized spacial score (nSPS) is 14.2. The molecule has 0 unspecified atom stereocenters. The maximum atomic E-state index is 4.60. The van der Waals surface area contributed by atoms with Crippen LogP contribution in [0.5, 0.6) is 0 Å². The van der Waals surface area contributed by atoms with Gasteiger partial charge in [-0.2, -0.15) is 5.10 Å². The number of aromatic amines is 1. The zero-order valence-electron chi connectivity index (χ0n) is 15.6. The molecular weight excluding hydrogens is 320 g/mol. The molecule has 0 bridgehead atoms. The Labute approximate surface area is 155 Å². The van der Waals surface area contributed by atoms with Crippen LogP contribution in [0.25, 0.3) is 11.3 Å². The summed E-state index contributed by atoms with van der Waals surface area (Å²) in [5.74, 6) is 0. The molecular formula is C22H26N4. The maximum absolute atomic E-state index is 4.60. The van der Waals surface area contributed by atoms with Crippen molar-refractivity contribution in [1.82, 2.24) is 15.1 Å². The highest BCUT2D eigenvalue weighted by atomic mass is 15.2. The maximum Gasteiger partial charge on any atom is 0.0968 e. The van der Waals surface area contributed by atoms with Gasteiger partial charge in [0.15, 0.2) is 0 Å². The number of likely N-dealkylation sites (N-methyl/N-ethyl adjacent to an activating group) is 1. The van der Waals surface area contributed by atoms with Crippen molar-refractivity contribution in [3.8, 4) is 11.3 Å². The largest absolute Gasteiger partial charge is 0.367 e. The summed E-state index contributed by atoms with van der Waals surface area (Å²) in [5.41, 5.74) is 7.52. The van der Waals surface area contributed by atoms with Gasteiger partial charge in [0.25, 0.3) is 0 Å². The lowest BCUT2D eigenvalue weighted by Gasteiger charge is -2.24. The van der Waals surface area contributed by atoms with Crippen LogP contribution in [0.2, 0.25) is 0 Å². The van der Waals surface area contributed by atoms with Gasteiger partial charge in [-0.3, -0.25) is 5.10 Å². The van der Waals surface area contributed by atoms with Crippen molar-refractivity contribution in [2.45, 2.75) is 26.4 Å². The second-order valence-electron chi connectivity index (χ2n) is 7.06. The summed E-state index contributed by atoms with van der Waals surface area (Å²) in [4.78, 5) is 4.75. The Morgan fingerprint density at radius 2 is 1.85 bits per heavy atom. The van der Waals surface area contributed by atoms with Crippen LogP contribution in [0.1, 0.15) is 23.7 Å². The number of benzene rings is 2. The van der Waals surface area contributed by atoms with Crippen LogP contribution in [0, 0.1) is 0 Å². The summed E-state index contributed by atoms with van der Waals surface area (Å²) in [6, 6.07) is 19.5. The highest BCUT2D eigenvalue weighted by molar-refractivity contribution is 5.67. The van der Waals surface area contributed by atoms with Crippen molar-refractivity contribution in [2.75, 3.05) is 25.0 Å². The molecule has 26 heavy (non-hydrogen) atoms. The number of hydrogen-bond donors (Lipinski definition) is 1. The van der Waals surface area contributed by atoms with Crippen LogP contribution >= 0.6 is 0 Å². The quantitative estimate of drug-likeness (QED) is 0.756. The summed E-state index contributed by atoms with van der Waals surface area (Å²) in [5, 5.41) is 7.84. The summed E-state index contributed by atoms with van der Waals surface area (Å²) >= 11 is 0. The van der Waals surface area contributed by atoms with Crippen LogP contribution < -0.4 is 4.90 Å². The molecule has 0 amide bonds. The van der Waals surface area contributed by atoms with Gasteiger partial charge in [0, 0.05) is 55.1 Å². The fourth-order valence-corrected chi connectivity index (χ4v) is 3.69. The van der Waals surface area contributed by atoms with E-state index >= 15 is 0 Å². The second kappa shape index (κ2) is 7.34. The first kappa shape index (κ1) is 16.9. The fourth-order valence-electron chi connectivity index (χ4n) is 3.69. The van der Waals surface area contributed by atoms with Gasteiger partial charge >= 0.3 is 0 Å². The summed E-state index contributed by atoms with van der Waals surface area (Å²) in [6.45, 7) is 6.18. The summed E-state index contributed by atoms with van der Waals surface area (Å²) in [6.07, 6.45) is 1.05. The first-order valence-electron chi connectivity index (χ1n) is 9.38. The Morgan fingerprint density at radius 3 is 2.58 bits per heavy atom. The number of anilines is 1. The molecule has 0 fully saturated rings. The van der Waals surface area contributed by atoms with Gasteiger partial charge in [-0.05, 0) is 31.7 Å². The average Bonchev–Trinajstić information content (AvgIpc) is 3.10. The Morgan fingerprint density at radius 1 is 1.08 bits per heavy atom. The Balaban J connectivity index is 1.56. The average molecular weight is 346 g/mol. The molecule has 4 heteroatoms. The highest BCUT2D eigenvalue weighted by Gasteiger charge is 2.20. The third kappa shape index (κ3) is 3.37. The Kier molecular flexibility index (Phi) is 4.76. The standard InChI is InChI=1S/C22H26N4/c1-3-26(15-17-7-5-4-6-8-17)19-11-9-18(10-12-19)22-20-16-25(2)14-13-21(20)23-24-22/h4-12H,3,13-16H2,1-2H3,(H,23,24). The minimum absolute atomic E-state index is 0.930. The van der Waals surface area contributed by atoms with E-state index in [4.69, 9.17) is 0 Å². The molecule has 0 atom stereocenters. The van der Waals surface area contributed by atoms with E-state index in [1.54, 1.807) is 0 Å². The molecule has 1 N–H and O–H groups in total. The monoisotopic (exact) mass is 346 g/mol. The molecule has 1 aliphatic heterocycles. The zero-order chi connectivity index (χ0) is 17.9. The smallest absolute Gasteiger partial charge is 0.0968 e. The van der Waals surface area contributed by atoms with Crippen LogP contribution in [-0.4, -0.2) is 35.2 Å². The summed E-state index contributed by atoms with van der Waals surface area (Å²) < 4.78 is 0. The molecule has 3 aromatic rings. The third-order valence-electron chi connectivity index (χ3n) is 5.23. The van der Waals surface area contributed by atoms with Crippen LogP contribution in [0.15, 0.2) is 54.6 Å². The molecule has 0 spiro atoms. The fraction of sp³-hybridized carbons (Fsp3) is 0.318. The molecule has 0 radical (unpaired) electrons.